The number of benzene rings is 1. The SMILES string of the molecule is C[C@@H]1C(=O)OC2[C@H](OC(=O)NC(C)(C)C)C34C5OC(=O)C3(OC3OC(=O)[C@H](OCc6ccccc6)C34C(C(C)(C)C)[C@H]5O)[C@]21O. The van der Waals surface area contributed by atoms with Gasteiger partial charge in [0, 0.05) is 11.5 Å². The van der Waals surface area contributed by atoms with Crippen LogP contribution in [0.5, 0.6) is 0 Å². The number of aliphatic hydroxyl groups excluding tert-OH is 1. The molecule has 13 nitrogen and oxygen atoms in total. The summed E-state index contributed by atoms with van der Waals surface area (Å²) >= 11 is 0. The van der Waals surface area contributed by atoms with E-state index in [1.165, 1.54) is 6.92 Å². The van der Waals surface area contributed by atoms with Crippen LogP contribution in [0.1, 0.15) is 54.0 Å². The molecule has 0 aromatic heterocycles. The van der Waals surface area contributed by atoms with Gasteiger partial charge < -0.3 is 44.0 Å². The summed E-state index contributed by atoms with van der Waals surface area (Å²) in [5.41, 5.74) is -9.53. The number of esters is 3. The van der Waals surface area contributed by atoms with E-state index in [2.05, 4.69) is 5.32 Å². The van der Waals surface area contributed by atoms with Gasteiger partial charge in [0.2, 0.25) is 11.9 Å². The molecular formula is C32H39NO12. The zero-order valence-electron chi connectivity index (χ0n) is 26.2. The molecule has 4 aliphatic heterocycles. The Labute approximate surface area is 259 Å². The fourth-order valence-corrected chi connectivity index (χ4v) is 9.77. The van der Waals surface area contributed by atoms with Crippen molar-refractivity contribution >= 4 is 24.0 Å². The summed E-state index contributed by atoms with van der Waals surface area (Å²) < 4.78 is 36.6. The molecule has 1 amide bonds. The lowest BCUT2D eigenvalue weighted by molar-refractivity contribution is -0.240. The lowest BCUT2D eigenvalue weighted by Gasteiger charge is -2.48. The number of rotatable bonds is 4. The van der Waals surface area contributed by atoms with Crippen LogP contribution in [0.3, 0.4) is 0 Å². The highest BCUT2D eigenvalue weighted by atomic mass is 16.8. The van der Waals surface area contributed by atoms with E-state index in [4.69, 9.17) is 28.4 Å². The lowest BCUT2D eigenvalue weighted by Crippen LogP contribution is -2.67. The van der Waals surface area contributed by atoms with Gasteiger partial charge in [-0.15, -0.1) is 0 Å². The minimum absolute atomic E-state index is 0.0558. The van der Waals surface area contributed by atoms with Crippen LogP contribution < -0.4 is 5.32 Å². The predicted octanol–water partition coefficient (Wildman–Crippen LogP) is 1.36. The molecule has 2 aliphatic carbocycles. The maximum absolute atomic E-state index is 14.3. The summed E-state index contributed by atoms with van der Waals surface area (Å²) in [6, 6.07) is 9.08. The van der Waals surface area contributed by atoms with Crippen molar-refractivity contribution in [3.8, 4) is 0 Å². The summed E-state index contributed by atoms with van der Waals surface area (Å²) in [6.45, 7) is 12.1. The Kier molecular flexibility index (Phi) is 6.05. The van der Waals surface area contributed by atoms with Crippen molar-refractivity contribution in [2.24, 2.45) is 28.1 Å². The molecule has 244 valence electrons. The third kappa shape index (κ3) is 3.27. The lowest BCUT2D eigenvalue weighted by atomic mass is 9.50. The van der Waals surface area contributed by atoms with E-state index < -0.39 is 106 Å². The number of ether oxygens (including phenoxy) is 6. The molecule has 13 heteroatoms. The van der Waals surface area contributed by atoms with E-state index in [9.17, 15) is 29.4 Å². The Balaban J connectivity index is 1.50. The van der Waals surface area contributed by atoms with Gasteiger partial charge in [0.1, 0.15) is 11.5 Å². The van der Waals surface area contributed by atoms with Crippen molar-refractivity contribution in [1.82, 2.24) is 5.32 Å². The quantitative estimate of drug-likeness (QED) is 0.323. The molecule has 4 saturated heterocycles. The highest BCUT2D eigenvalue weighted by Gasteiger charge is 3.06. The molecule has 45 heavy (non-hydrogen) atoms. The van der Waals surface area contributed by atoms with E-state index in [1.807, 2.05) is 51.1 Å². The third-order valence-electron chi connectivity index (χ3n) is 10.9. The van der Waals surface area contributed by atoms with E-state index in [-0.39, 0.29) is 6.61 Å². The highest BCUT2D eigenvalue weighted by Crippen LogP contribution is 2.85. The Morgan fingerprint density at radius 2 is 1.64 bits per heavy atom. The Morgan fingerprint density at radius 1 is 0.978 bits per heavy atom. The molecule has 6 fully saturated rings. The first-order chi connectivity index (χ1) is 20.9. The first-order valence-electron chi connectivity index (χ1n) is 15.3. The van der Waals surface area contributed by atoms with Gasteiger partial charge in [-0.25, -0.2) is 14.4 Å². The minimum atomic E-state index is -2.45. The molecule has 4 heterocycles. The second-order valence-corrected chi connectivity index (χ2v) is 15.3. The minimum Gasteiger partial charge on any atom is -0.456 e. The van der Waals surface area contributed by atoms with Crippen LogP contribution in [-0.2, 0) is 49.4 Å². The second-order valence-electron chi connectivity index (χ2n) is 15.3. The predicted molar refractivity (Wildman–Crippen MR) is 150 cm³/mol. The smallest absolute Gasteiger partial charge is 0.407 e. The number of alkyl carbamates (subject to hydrolysis) is 1. The Bertz CT molecular complexity index is 1480. The average molecular weight is 630 g/mol. The van der Waals surface area contributed by atoms with Crippen molar-refractivity contribution < 1.29 is 57.8 Å². The standard InChI is InChI=1S/C32H39NO12/c1-14-22(35)41-20-19(43-26(38)33-28(5,6)7)30-18-16(34)17(27(2,3)4)29(30)21(40-13-15-11-9-8-10-12-15)23(36)44-25(29)45-32(30,24(37)42-18)31(14,20)39/h8-12,14,16-21,25,34,39H,13H2,1-7H3,(H,33,38)/t14-,16-,17?,18?,19+,20?,21+,25?,29?,30?,31-,32?/m1/s1. The van der Waals surface area contributed by atoms with Crippen LogP contribution >= 0.6 is 0 Å². The number of carbonyl (C=O) groups is 4. The molecule has 0 radical (unpaired) electrons. The van der Waals surface area contributed by atoms with Crippen molar-refractivity contribution in [3.05, 3.63) is 35.9 Å². The van der Waals surface area contributed by atoms with Crippen molar-refractivity contribution in [2.45, 2.75) is 109 Å². The molecule has 3 N–H and O–H groups in total. The van der Waals surface area contributed by atoms with Crippen LogP contribution in [0, 0.1) is 28.1 Å². The number of fused-ring (bicyclic) bond motifs is 1. The van der Waals surface area contributed by atoms with Crippen molar-refractivity contribution in [1.29, 1.82) is 0 Å². The topological polar surface area (TPSA) is 176 Å². The zero-order valence-corrected chi connectivity index (χ0v) is 26.2. The summed E-state index contributed by atoms with van der Waals surface area (Å²) in [6.07, 6.45) is -10.1. The van der Waals surface area contributed by atoms with Crippen LogP contribution in [0.15, 0.2) is 30.3 Å². The molecule has 2 saturated carbocycles. The third-order valence-corrected chi connectivity index (χ3v) is 10.9. The van der Waals surface area contributed by atoms with Gasteiger partial charge in [0.05, 0.1) is 24.0 Å². The van der Waals surface area contributed by atoms with Gasteiger partial charge in [0.25, 0.3) is 0 Å². The Hall–Kier alpha value is -3.26. The number of amides is 1. The number of hydrogen-bond acceptors (Lipinski definition) is 12. The molecule has 2 spiro atoms. The van der Waals surface area contributed by atoms with Gasteiger partial charge in [-0.3, -0.25) is 4.79 Å². The van der Waals surface area contributed by atoms with Gasteiger partial charge in [-0.1, -0.05) is 51.1 Å². The van der Waals surface area contributed by atoms with Gasteiger partial charge in [0.15, 0.2) is 23.9 Å². The summed E-state index contributed by atoms with van der Waals surface area (Å²) in [7, 11) is 0. The number of hydrogen-bond donors (Lipinski definition) is 3. The van der Waals surface area contributed by atoms with E-state index in [0.717, 1.165) is 5.56 Å². The van der Waals surface area contributed by atoms with E-state index in [1.54, 1.807) is 20.8 Å². The summed E-state index contributed by atoms with van der Waals surface area (Å²) in [4.78, 5) is 54.8. The van der Waals surface area contributed by atoms with E-state index >= 15 is 0 Å². The fourth-order valence-electron chi connectivity index (χ4n) is 9.77. The monoisotopic (exact) mass is 629 g/mol. The number of carbonyl (C=O) groups excluding carboxylic acids is 4. The number of aliphatic hydroxyl groups is 2. The first kappa shape index (κ1) is 30.4. The molecule has 0 bridgehead atoms. The van der Waals surface area contributed by atoms with Crippen LogP contribution in [0.25, 0.3) is 0 Å². The molecular weight excluding hydrogens is 590 g/mol. The highest BCUT2D eigenvalue weighted by molar-refractivity contribution is 5.94. The maximum atomic E-state index is 14.3. The summed E-state index contributed by atoms with van der Waals surface area (Å²) in [5.74, 6) is -5.03. The molecule has 1 aromatic rings. The average Bonchev–Trinajstić information content (AvgIpc) is 3.62. The molecule has 7 rings (SSSR count). The summed E-state index contributed by atoms with van der Waals surface area (Å²) in [5, 5.41) is 27.6. The molecule has 12 atom stereocenters. The van der Waals surface area contributed by atoms with Crippen LogP contribution in [-0.4, -0.2) is 87.8 Å². The molecule has 7 unspecified atom stereocenters. The number of nitrogens with one attached hydrogen (secondary N) is 1. The van der Waals surface area contributed by atoms with Crippen molar-refractivity contribution in [2.75, 3.05) is 0 Å². The van der Waals surface area contributed by atoms with Gasteiger partial charge in [-0.05, 0) is 38.7 Å². The Morgan fingerprint density at radius 3 is 2.27 bits per heavy atom. The van der Waals surface area contributed by atoms with E-state index in [0.29, 0.717) is 0 Å². The van der Waals surface area contributed by atoms with Crippen LogP contribution in [0.4, 0.5) is 4.79 Å². The first-order valence-corrected chi connectivity index (χ1v) is 15.3. The second kappa shape index (κ2) is 8.96. The van der Waals surface area contributed by atoms with Gasteiger partial charge >= 0.3 is 24.0 Å². The zero-order chi connectivity index (χ0) is 32.7. The fraction of sp³-hybridized carbons (Fsp3) is 0.688. The van der Waals surface area contributed by atoms with Gasteiger partial charge in [-0.2, -0.15) is 0 Å². The van der Waals surface area contributed by atoms with Crippen LogP contribution in [0.2, 0.25) is 0 Å². The maximum Gasteiger partial charge on any atom is 0.407 e. The largest absolute Gasteiger partial charge is 0.456 e. The molecule has 1 aromatic carbocycles. The van der Waals surface area contributed by atoms with Crippen molar-refractivity contribution in [3.63, 3.8) is 0 Å². The molecule has 6 aliphatic rings. The normalized spacial score (nSPS) is 45.8.